The predicted molar refractivity (Wildman–Crippen MR) is 115 cm³/mol. The van der Waals surface area contributed by atoms with Crippen molar-refractivity contribution in [2.45, 2.75) is 66.0 Å². The van der Waals surface area contributed by atoms with Gasteiger partial charge in [0.05, 0.1) is 31.4 Å². The average molecular weight is 404 g/mol. The highest BCUT2D eigenvalue weighted by atomic mass is 16.5. The summed E-state index contributed by atoms with van der Waals surface area (Å²) in [6, 6.07) is 3.33. The molecular weight excluding hydrogens is 370 g/mol. The first-order valence-electron chi connectivity index (χ1n) is 9.88. The van der Waals surface area contributed by atoms with Crippen molar-refractivity contribution in [3.8, 4) is 11.5 Å². The zero-order chi connectivity index (χ0) is 21.8. The third-order valence-electron chi connectivity index (χ3n) is 4.58. The fourth-order valence-electron chi connectivity index (χ4n) is 3.86. The van der Waals surface area contributed by atoms with Crippen molar-refractivity contribution in [1.29, 1.82) is 0 Å². The number of fused-ring (bicyclic) bond motifs is 1. The van der Waals surface area contributed by atoms with Crippen molar-refractivity contribution in [3.05, 3.63) is 28.8 Å². The molecule has 7 nitrogen and oxygen atoms in total. The molecule has 1 amide bonds. The van der Waals surface area contributed by atoms with Gasteiger partial charge in [-0.2, -0.15) is 0 Å². The zero-order valence-electron chi connectivity index (χ0n) is 18.6. The molecule has 0 spiro atoms. The largest absolute Gasteiger partial charge is 0.493 e. The Morgan fingerprint density at radius 3 is 2.31 bits per heavy atom. The third kappa shape index (κ3) is 6.21. The van der Waals surface area contributed by atoms with Gasteiger partial charge in [0.15, 0.2) is 11.5 Å². The minimum Gasteiger partial charge on any atom is -0.493 e. The van der Waals surface area contributed by atoms with Gasteiger partial charge in [-0.25, -0.2) is 4.98 Å². The number of nitrogens with zero attached hydrogens (tertiary/aromatic N) is 2. The van der Waals surface area contributed by atoms with Crippen molar-refractivity contribution in [2.75, 3.05) is 14.2 Å². The molecule has 160 valence electrons. The minimum absolute atomic E-state index is 0.00699. The van der Waals surface area contributed by atoms with Crippen LogP contribution in [0.1, 0.15) is 53.9 Å². The molecule has 0 saturated carbocycles. The highest BCUT2D eigenvalue weighted by Crippen LogP contribution is 2.30. The number of carbonyl (C=O) groups is 1. The molecule has 0 radical (unpaired) electrons. The Bertz CT molecular complexity index is 926. The molecule has 0 aliphatic rings. The summed E-state index contributed by atoms with van der Waals surface area (Å²) in [5.74, 6) is 1.00. The van der Waals surface area contributed by atoms with Crippen LogP contribution in [0.4, 0.5) is 0 Å². The van der Waals surface area contributed by atoms with E-state index in [9.17, 15) is 9.59 Å². The van der Waals surface area contributed by atoms with Crippen LogP contribution < -0.4 is 20.3 Å². The number of carbonyl (C=O) groups excluding carboxylic acids is 1. The van der Waals surface area contributed by atoms with Crippen LogP contribution in [0.2, 0.25) is 0 Å². The van der Waals surface area contributed by atoms with Gasteiger partial charge in [-0.15, -0.1) is 0 Å². The molecule has 0 unspecified atom stereocenters. The van der Waals surface area contributed by atoms with E-state index < -0.39 is 0 Å². The van der Waals surface area contributed by atoms with Crippen molar-refractivity contribution < 1.29 is 14.3 Å². The Labute approximate surface area is 172 Å². The Morgan fingerprint density at radius 2 is 1.72 bits per heavy atom. The molecule has 2 rings (SSSR count). The normalized spacial score (nSPS) is 12.1. The van der Waals surface area contributed by atoms with Crippen molar-refractivity contribution >= 4 is 16.8 Å². The number of amides is 1. The summed E-state index contributed by atoms with van der Waals surface area (Å²) < 4.78 is 12.1. The Morgan fingerprint density at radius 1 is 1.10 bits per heavy atom. The maximum atomic E-state index is 12.8. The quantitative estimate of drug-likeness (QED) is 0.729. The van der Waals surface area contributed by atoms with Gasteiger partial charge in [-0.3, -0.25) is 14.2 Å². The van der Waals surface area contributed by atoms with Gasteiger partial charge in [0, 0.05) is 24.6 Å². The first-order chi connectivity index (χ1) is 13.5. The standard InChI is InChI=1S/C22H33N3O4/c1-21(2,3)13-22(4,5)24-19(26)9-8-10-25-14-23-16-12-18(29-7)17(28-6)11-15(16)20(25)27/h11-12,14H,8-10,13H2,1-7H3,(H,24,26). The number of aromatic nitrogens is 2. The van der Waals surface area contributed by atoms with Crippen LogP contribution in [0, 0.1) is 5.41 Å². The van der Waals surface area contributed by atoms with Gasteiger partial charge in [0.1, 0.15) is 0 Å². The number of benzene rings is 1. The maximum absolute atomic E-state index is 12.8. The van der Waals surface area contributed by atoms with Crippen molar-refractivity contribution in [3.63, 3.8) is 0 Å². The van der Waals surface area contributed by atoms with E-state index >= 15 is 0 Å². The summed E-state index contributed by atoms with van der Waals surface area (Å²) in [5, 5.41) is 3.56. The van der Waals surface area contributed by atoms with E-state index in [1.54, 1.807) is 19.2 Å². The van der Waals surface area contributed by atoms with Crippen LogP contribution in [0.25, 0.3) is 10.9 Å². The summed E-state index contributed by atoms with van der Waals surface area (Å²) in [4.78, 5) is 29.5. The Hall–Kier alpha value is -2.57. The molecule has 1 N–H and O–H groups in total. The van der Waals surface area contributed by atoms with Crippen LogP contribution in [0.15, 0.2) is 23.3 Å². The minimum atomic E-state index is -0.272. The van der Waals surface area contributed by atoms with E-state index in [0.29, 0.717) is 41.8 Å². The number of methoxy groups -OCH3 is 2. The molecule has 1 aromatic carbocycles. The van der Waals surface area contributed by atoms with E-state index in [2.05, 4.69) is 31.1 Å². The molecule has 0 aliphatic carbocycles. The average Bonchev–Trinajstić information content (AvgIpc) is 2.60. The van der Waals surface area contributed by atoms with Crippen LogP contribution in [-0.4, -0.2) is 35.2 Å². The van der Waals surface area contributed by atoms with E-state index in [0.717, 1.165) is 6.42 Å². The van der Waals surface area contributed by atoms with Gasteiger partial charge in [-0.1, -0.05) is 20.8 Å². The van der Waals surface area contributed by atoms with E-state index in [4.69, 9.17) is 9.47 Å². The van der Waals surface area contributed by atoms with E-state index in [1.807, 2.05) is 13.8 Å². The topological polar surface area (TPSA) is 82.5 Å². The van der Waals surface area contributed by atoms with Crippen LogP contribution in [0.3, 0.4) is 0 Å². The Balaban J connectivity index is 2.05. The monoisotopic (exact) mass is 403 g/mol. The molecule has 29 heavy (non-hydrogen) atoms. The second kappa shape index (κ2) is 8.84. The molecule has 0 aliphatic heterocycles. The number of ether oxygens (including phenoxy) is 2. The predicted octanol–water partition coefficient (Wildman–Crippen LogP) is 3.52. The molecule has 1 aromatic heterocycles. The molecule has 0 saturated heterocycles. The summed E-state index contributed by atoms with van der Waals surface area (Å²) in [6.45, 7) is 11.0. The third-order valence-corrected chi connectivity index (χ3v) is 4.58. The lowest BCUT2D eigenvalue weighted by atomic mass is 9.82. The second-order valence-electron chi connectivity index (χ2n) is 9.24. The SMILES string of the molecule is COc1cc2ncn(CCCC(=O)NC(C)(C)CC(C)(C)C)c(=O)c2cc1OC. The summed E-state index contributed by atoms with van der Waals surface area (Å²) >= 11 is 0. The lowest BCUT2D eigenvalue weighted by Crippen LogP contribution is -2.45. The highest BCUT2D eigenvalue weighted by molar-refractivity contribution is 5.81. The molecular formula is C22H33N3O4. The van der Waals surface area contributed by atoms with E-state index in [-0.39, 0.29) is 22.4 Å². The number of nitrogens with one attached hydrogen (secondary N) is 1. The fraction of sp³-hybridized carbons (Fsp3) is 0.591. The van der Waals surface area contributed by atoms with Gasteiger partial charge < -0.3 is 14.8 Å². The van der Waals surface area contributed by atoms with Crippen LogP contribution >= 0.6 is 0 Å². The number of rotatable bonds is 8. The number of aryl methyl sites for hydroxylation is 1. The van der Waals surface area contributed by atoms with Gasteiger partial charge in [0.2, 0.25) is 5.91 Å². The molecule has 0 bridgehead atoms. The van der Waals surface area contributed by atoms with Crippen LogP contribution in [0.5, 0.6) is 11.5 Å². The summed E-state index contributed by atoms with van der Waals surface area (Å²) in [6.07, 6.45) is 3.30. The molecule has 2 aromatic rings. The van der Waals surface area contributed by atoms with Crippen LogP contribution in [-0.2, 0) is 11.3 Å². The lowest BCUT2D eigenvalue weighted by molar-refractivity contribution is -0.123. The fourth-order valence-corrected chi connectivity index (χ4v) is 3.86. The Kier molecular flexibility index (Phi) is 6.93. The van der Waals surface area contributed by atoms with Gasteiger partial charge in [0.25, 0.3) is 5.56 Å². The lowest BCUT2D eigenvalue weighted by Gasteiger charge is -2.33. The molecule has 7 heteroatoms. The highest BCUT2D eigenvalue weighted by Gasteiger charge is 2.26. The molecule has 0 atom stereocenters. The maximum Gasteiger partial charge on any atom is 0.261 e. The van der Waals surface area contributed by atoms with Crippen molar-refractivity contribution in [1.82, 2.24) is 14.9 Å². The van der Waals surface area contributed by atoms with Gasteiger partial charge >= 0.3 is 0 Å². The van der Waals surface area contributed by atoms with Crippen molar-refractivity contribution in [2.24, 2.45) is 5.41 Å². The number of hydrogen-bond acceptors (Lipinski definition) is 5. The summed E-state index contributed by atoms with van der Waals surface area (Å²) in [5.41, 5.74) is 0.242. The first kappa shape index (κ1) is 22.7. The number of hydrogen-bond donors (Lipinski definition) is 1. The molecule has 1 heterocycles. The second-order valence-corrected chi connectivity index (χ2v) is 9.24. The van der Waals surface area contributed by atoms with E-state index in [1.165, 1.54) is 18.0 Å². The van der Waals surface area contributed by atoms with Gasteiger partial charge in [-0.05, 0) is 38.2 Å². The first-order valence-corrected chi connectivity index (χ1v) is 9.88. The zero-order valence-corrected chi connectivity index (χ0v) is 18.6. The smallest absolute Gasteiger partial charge is 0.261 e. The summed E-state index contributed by atoms with van der Waals surface area (Å²) in [7, 11) is 3.07. The molecule has 0 fully saturated rings.